The summed E-state index contributed by atoms with van der Waals surface area (Å²) in [6.07, 6.45) is 1.95. The number of nitrogens with zero attached hydrogens (tertiary/aromatic N) is 5. The molecule has 0 saturated heterocycles. The Kier molecular flexibility index (Phi) is 10.0. The first kappa shape index (κ1) is 42.0. The molecule has 0 radical (unpaired) electrons. The molecule has 0 spiro atoms. The minimum atomic E-state index is -0.0734. The first-order valence-corrected chi connectivity index (χ1v) is 23.9. The Hall–Kier alpha value is -8.35. The molecule has 4 heterocycles. The van der Waals surface area contributed by atoms with Crippen molar-refractivity contribution >= 4 is 66.4 Å². The van der Waals surface area contributed by atoms with Gasteiger partial charge in [0, 0.05) is 68.1 Å². The van der Waals surface area contributed by atoms with E-state index in [2.05, 4.69) is 255 Å². The second-order valence-electron chi connectivity index (χ2n) is 19.5. The molecule has 6 nitrogen and oxygen atoms in total. The molecule has 0 aliphatic carbocycles. The van der Waals surface area contributed by atoms with Gasteiger partial charge in [0.25, 0.3) is 0 Å². The number of pyridine rings is 1. The van der Waals surface area contributed by atoms with Crippen LogP contribution < -0.4 is 14.5 Å². The summed E-state index contributed by atoms with van der Waals surface area (Å²) in [5.74, 6) is 2.37. The zero-order chi connectivity index (χ0) is 47.0. The summed E-state index contributed by atoms with van der Waals surface area (Å²) in [4.78, 5) is 10.1. The molecular weight excluding hydrogens is 843 g/mol. The molecular formula is C63H53N5O. The molecule has 0 amide bonds. The molecule has 11 aromatic rings. The highest BCUT2D eigenvalue weighted by Crippen LogP contribution is 2.47. The number of aryl methyl sites for hydroxylation is 3. The van der Waals surface area contributed by atoms with Gasteiger partial charge in [-0.25, -0.2) is 4.98 Å². The lowest BCUT2D eigenvalue weighted by atomic mass is 9.88. The molecule has 1 aliphatic heterocycles. The Bertz CT molecular complexity index is 3780. The molecule has 8 aromatic carbocycles. The monoisotopic (exact) mass is 895 g/mol. The van der Waals surface area contributed by atoms with Gasteiger partial charge in [0.1, 0.15) is 24.0 Å². The fourth-order valence-corrected chi connectivity index (χ4v) is 10.9. The van der Waals surface area contributed by atoms with Crippen LogP contribution in [0.25, 0.3) is 66.5 Å². The van der Waals surface area contributed by atoms with Gasteiger partial charge in [-0.3, -0.25) is 4.57 Å². The van der Waals surface area contributed by atoms with Crippen LogP contribution in [0.2, 0.25) is 0 Å². The standard InChI is InChI=1S/C63H53N5O/c1-41-35-42(2)59(43(3)36-41)66-40-65(60(44-19-10-7-11-20-44)61(66)45-21-12-8-13-22-45)48-25-18-26-49(38-48)69-50-29-30-51-52-31-32-55-58(53-27-16-17-28-54(53)67(55)47-23-14-9-15-24-47)62(52)68(56(51)39-50)57-37-46(33-34-64-57)63(4,5)6/h7-39H,40H2,1-6H3. The van der Waals surface area contributed by atoms with Crippen LogP contribution in [0, 0.1) is 20.8 Å². The molecule has 6 heteroatoms. The van der Waals surface area contributed by atoms with Crippen molar-refractivity contribution in [3.63, 3.8) is 0 Å². The lowest BCUT2D eigenvalue weighted by Crippen LogP contribution is -2.28. The zero-order valence-electron chi connectivity index (χ0n) is 39.9. The highest BCUT2D eigenvalue weighted by molar-refractivity contribution is 6.26. The third kappa shape index (κ3) is 7.14. The third-order valence-corrected chi connectivity index (χ3v) is 13.8. The van der Waals surface area contributed by atoms with Gasteiger partial charge < -0.3 is 19.1 Å². The van der Waals surface area contributed by atoms with E-state index in [0.717, 1.165) is 72.8 Å². The summed E-state index contributed by atoms with van der Waals surface area (Å²) in [6.45, 7) is 14.1. The average molecular weight is 896 g/mol. The summed E-state index contributed by atoms with van der Waals surface area (Å²) in [6, 6.07) is 69.6. The fraction of sp³-hybridized carbons (Fsp3) is 0.127. The van der Waals surface area contributed by atoms with Gasteiger partial charge in [0.05, 0.1) is 33.5 Å². The number of anilines is 2. The summed E-state index contributed by atoms with van der Waals surface area (Å²) in [5.41, 5.74) is 17.4. The van der Waals surface area contributed by atoms with Crippen molar-refractivity contribution in [1.29, 1.82) is 0 Å². The van der Waals surface area contributed by atoms with Crippen molar-refractivity contribution in [2.24, 2.45) is 0 Å². The molecule has 0 N–H and O–H groups in total. The molecule has 0 unspecified atom stereocenters. The molecule has 69 heavy (non-hydrogen) atoms. The number of benzene rings is 8. The SMILES string of the molecule is Cc1cc(C)c(N2CN(c3cccc(Oc4ccc5c6ccc7c(c8ccccc8n7-c7ccccc7)c6n(-c6cc(C(C)(C)C)ccn6)c5c4)c3)C(c3ccccc3)=C2c2ccccc2)c(C)c1. The normalized spacial score (nSPS) is 13.2. The average Bonchev–Trinajstić information content (AvgIpc) is 4.02. The van der Waals surface area contributed by atoms with E-state index in [0.29, 0.717) is 6.67 Å². The maximum atomic E-state index is 6.99. The Balaban J connectivity index is 1.02. The number of fused-ring (bicyclic) bond motifs is 7. The Morgan fingerprint density at radius 2 is 1.10 bits per heavy atom. The predicted octanol–water partition coefficient (Wildman–Crippen LogP) is 16.1. The van der Waals surface area contributed by atoms with E-state index in [4.69, 9.17) is 9.72 Å². The number of rotatable bonds is 8. The number of hydrogen-bond acceptors (Lipinski definition) is 4. The number of hydrogen-bond donors (Lipinski definition) is 0. The maximum absolute atomic E-state index is 6.99. The van der Waals surface area contributed by atoms with Crippen molar-refractivity contribution in [3.8, 4) is 23.0 Å². The van der Waals surface area contributed by atoms with Crippen molar-refractivity contribution in [1.82, 2.24) is 14.1 Å². The molecule has 3 aromatic heterocycles. The zero-order valence-corrected chi connectivity index (χ0v) is 39.9. The van der Waals surface area contributed by atoms with Gasteiger partial charge in [-0.2, -0.15) is 0 Å². The Morgan fingerprint density at radius 3 is 1.81 bits per heavy atom. The van der Waals surface area contributed by atoms with Crippen molar-refractivity contribution in [2.45, 2.75) is 47.0 Å². The Labute approximate surface area is 403 Å². The van der Waals surface area contributed by atoms with E-state index < -0.39 is 0 Å². The predicted molar refractivity (Wildman–Crippen MR) is 288 cm³/mol. The highest BCUT2D eigenvalue weighted by atomic mass is 16.5. The van der Waals surface area contributed by atoms with Gasteiger partial charge in [-0.1, -0.05) is 148 Å². The van der Waals surface area contributed by atoms with Crippen LogP contribution in [-0.4, -0.2) is 20.8 Å². The topological polar surface area (TPSA) is 38.5 Å². The molecule has 0 fully saturated rings. The van der Waals surface area contributed by atoms with E-state index in [1.165, 1.54) is 50.0 Å². The van der Waals surface area contributed by atoms with Gasteiger partial charge in [0.2, 0.25) is 0 Å². The summed E-state index contributed by atoms with van der Waals surface area (Å²) in [7, 11) is 0. The van der Waals surface area contributed by atoms with Gasteiger partial charge in [-0.15, -0.1) is 0 Å². The fourth-order valence-electron chi connectivity index (χ4n) is 10.9. The van der Waals surface area contributed by atoms with E-state index in [1.54, 1.807) is 0 Å². The first-order chi connectivity index (χ1) is 33.6. The van der Waals surface area contributed by atoms with Crippen molar-refractivity contribution in [2.75, 3.05) is 16.5 Å². The second kappa shape index (κ2) is 16.5. The summed E-state index contributed by atoms with van der Waals surface area (Å²) in [5, 5.41) is 4.68. The van der Waals surface area contributed by atoms with Crippen LogP contribution in [-0.2, 0) is 5.41 Å². The Morgan fingerprint density at radius 1 is 0.478 bits per heavy atom. The first-order valence-electron chi connectivity index (χ1n) is 23.9. The number of ether oxygens (including phenoxy) is 1. The van der Waals surface area contributed by atoms with Crippen LogP contribution in [0.3, 0.4) is 0 Å². The summed E-state index contributed by atoms with van der Waals surface area (Å²) >= 11 is 0. The lowest BCUT2D eigenvalue weighted by molar-refractivity contribution is 0.483. The lowest BCUT2D eigenvalue weighted by Gasteiger charge is -2.28. The van der Waals surface area contributed by atoms with Crippen LogP contribution >= 0.6 is 0 Å². The third-order valence-electron chi connectivity index (χ3n) is 13.8. The van der Waals surface area contributed by atoms with Crippen LogP contribution in [0.4, 0.5) is 11.4 Å². The number of aromatic nitrogens is 3. The molecule has 1 aliphatic rings. The van der Waals surface area contributed by atoms with Gasteiger partial charge >= 0.3 is 0 Å². The smallest absolute Gasteiger partial charge is 0.137 e. The molecule has 0 atom stereocenters. The van der Waals surface area contributed by atoms with Gasteiger partial charge in [-0.05, 0) is 104 Å². The quantitative estimate of drug-likeness (QED) is 0.152. The highest BCUT2D eigenvalue weighted by Gasteiger charge is 2.34. The van der Waals surface area contributed by atoms with E-state index in [9.17, 15) is 0 Å². The van der Waals surface area contributed by atoms with E-state index in [1.807, 2.05) is 6.20 Å². The van der Waals surface area contributed by atoms with Crippen LogP contribution in [0.15, 0.2) is 200 Å². The molecule has 0 bridgehead atoms. The number of para-hydroxylation sites is 2. The van der Waals surface area contributed by atoms with E-state index >= 15 is 0 Å². The molecule has 0 saturated carbocycles. The minimum Gasteiger partial charge on any atom is -0.457 e. The van der Waals surface area contributed by atoms with Crippen LogP contribution in [0.1, 0.15) is 54.2 Å². The molecule has 12 rings (SSSR count). The minimum absolute atomic E-state index is 0.0734. The van der Waals surface area contributed by atoms with Crippen molar-refractivity contribution in [3.05, 3.63) is 234 Å². The van der Waals surface area contributed by atoms with Crippen molar-refractivity contribution < 1.29 is 4.74 Å². The van der Waals surface area contributed by atoms with E-state index in [-0.39, 0.29) is 5.41 Å². The second-order valence-corrected chi connectivity index (χ2v) is 19.5. The van der Waals surface area contributed by atoms with Gasteiger partial charge in [0.15, 0.2) is 0 Å². The largest absolute Gasteiger partial charge is 0.457 e. The maximum Gasteiger partial charge on any atom is 0.137 e. The summed E-state index contributed by atoms with van der Waals surface area (Å²) < 4.78 is 11.7. The molecule has 336 valence electrons. The van der Waals surface area contributed by atoms with Crippen LogP contribution in [0.5, 0.6) is 11.5 Å².